The predicted molar refractivity (Wildman–Crippen MR) is 145 cm³/mol. The van der Waals surface area contributed by atoms with Crippen LogP contribution >= 0.6 is 11.3 Å². The molecule has 184 valence electrons. The lowest BCUT2D eigenvalue weighted by Crippen LogP contribution is -2.29. The zero-order valence-electron chi connectivity index (χ0n) is 20.2. The van der Waals surface area contributed by atoms with Crippen molar-refractivity contribution in [1.82, 2.24) is 4.72 Å². The van der Waals surface area contributed by atoms with Crippen molar-refractivity contribution in [3.63, 3.8) is 0 Å². The molecule has 2 aromatic carbocycles. The number of anilines is 1. The first-order valence-corrected chi connectivity index (χ1v) is 14.3. The van der Waals surface area contributed by atoms with Gasteiger partial charge in [-0.15, -0.1) is 11.3 Å². The van der Waals surface area contributed by atoms with Crippen LogP contribution in [0.2, 0.25) is 0 Å². The van der Waals surface area contributed by atoms with Crippen LogP contribution in [0.25, 0.3) is 26.8 Å². The second kappa shape index (κ2) is 11.4. The van der Waals surface area contributed by atoms with Gasteiger partial charge in [0.25, 0.3) is 10.0 Å². The van der Waals surface area contributed by atoms with Crippen molar-refractivity contribution >= 4 is 43.4 Å². The molecule has 4 rings (SSSR count). The molecule has 0 aliphatic carbocycles. The van der Waals surface area contributed by atoms with Gasteiger partial charge in [0.2, 0.25) is 0 Å². The number of nitrogens with one attached hydrogen (secondary N) is 1. The summed E-state index contributed by atoms with van der Waals surface area (Å²) in [5.41, 5.74) is 2.80. The lowest BCUT2D eigenvalue weighted by molar-refractivity contribution is 0.153. The largest absolute Gasteiger partial charge is 0.380 e. The summed E-state index contributed by atoms with van der Waals surface area (Å²) in [4.78, 5) is 3.99. The summed E-state index contributed by atoms with van der Waals surface area (Å²) >= 11 is 1.49. The molecule has 0 bridgehead atoms. The maximum absolute atomic E-state index is 12.7. The van der Waals surface area contributed by atoms with Crippen LogP contribution in [0.5, 0.6) is 0 Å². The van der Waals surface area contributed by atoms with Crippen LogP contribution in [0, 0.1) is 11.3 Å². The molecule has 0 spiro atoms. The van der Waals surface area contributed by atoms with Gasteiger partial charge in [-0.1, -0.05) is 18.2 Å². The zero-order chi connectivity index (χ0) is 24.8. The molecule has 2 heterocycles. The molecule has 0 amide bonds. The highest BCUT2D eigenvalue weighted by molar-refractivity contribution is 7.93. The Balaban J connectivity index is 1.56. The van der Waals surface area contributed by atoms with E-state index < -0.39 is 10.0 Å². The summed E-state index contributed by atoms with van der Waals surface area (Å²) in [6.07, 6.45) is 3.82. The predicted octanol–water partition coefficient (Wildman–Crippen LogP) is 5.77. The lowest BCUT2D eigenvalue weighted by Gasteiger charge is -2.29. The van der Waals surface area contributed by atoms with Crippen LogP contribution in [0.3, 0.4) is 0 Å². The molecule has 0 unspecified atom stereocenters. The molecule has 8 heteroatoms. The minimum atomic E-state index is -3.91. The minimum absolute atomic E-state index is 0.126. The number of sulfonamides is 1. The maximum atomic E-state index is 12.7. The summed E-state index contributed by atoms with van der Waals surface area (Å²) in [7, 11) is -3.91. The maximum Gasteiger partial charge on any atom is 0.251 e. The SMILES string of the molecule is CCOCCNS(=O)(=O)/C(C#N)=C(\C)c1ccc(-c2ccc3cc(N4CCCCC4)ccc3c2)s1. The van der Waals surface area contributed by atoms with Crippen molar-refractivity contribution < 1.29 is 13.2 Å². The molecule has 1 aliphatic heterocycles. The number of rotatable bonds is 9. The highest BCUT2D eigenvalue weighted by Crippen LogP contribution is 2.35. The fourth-order valence-electron chi connectivity index (χ4n) is 4.35. The van der Waals surface area contributed by atoms with E-state index in [9.17, 15) is 13.7 Å². The Morgan fingerprint density at radius 3 is 2.57 bits per heavy atom. The fraction of sp³-hybridized carbons (Fsp3) is 0.370. The average Bonchev–Trinajstić information content (AvgIpc) is 3.37. The van der Waals surface area contributed by atoms with Crippen LogP contribution in [-0.4, -0.2) is 41.3 Å². The molecule has 6 nitrogen and oxygen atoms in total. The van der Waals surface area contributed by atoms with Gasteiger partial charge in [-0.3, -0.25) is 0 Å². The van der Waals surface area contributed by atoms with Gasteiger partial charge in [-0.25, -0.2) is 13.1 Å². The van der Waals surface area contributed by atoms with Crippen LogP contribution < -0.4 is 9.62 Å². The Morgan fingerprint density at radius 1 is 1.09 bits per heavy atom. The Hall–Kier alpha value is -2.70. The molecular formula is C27H31N3O3S2. The van der Waals surface area contributed by atoms with Gasteiger partial charge in [0, 0.05) is 41.7 Å². The van der Waals surface area contributed by atoms with E-state index in [1.54, 1.807) is 6.92 Å². The number of fused-ring (bicyclic) bond motifs is 1. The second-order valence-corrected chi connectivity index (χ2v) is 11.4. The summed E-state index contributed by atoms with van der Waals surface area (Å²) in [6, 6.07) is 18.8. The van der Waals surface area contributed by atoms with Crippen LogP contribution in [0.1, 0.15) is 38.0 Å². The quantitative estimate of drug-likeness (QED) is 0.293. The molecule has 35 heavy (non-hydrogen) atoms. The van der Waals surface area contributed by atoms with Crippen molar-refractivity contribution in [2.45, 2.75) is 33.1 Å². The highest BCUT2D eigenvalue weighted by atomic mass is 32.2. The third kappa shape index (κ3) is 5.93. The third-order valence-corrected chi connectivity index (χ3v) is 9.03. The minimum Gasteiger partial charge on any atom is -0.380 e. The number of nitriles is 1. The normalized spacial score (nSPS) is 15.2. The van der Waals surface area contributed by atoms with Gasteiger partial charge < -0.3 is 9.64 Å². The highest BCUT2D eigenvalue weighted by Gasteiger charge is 2.21. The number of hydrogen-bond donors (Lipinski definition) is 1. The van der Waals surface area contributed by atoms with Gasteiger partial charge in [0.1, 0.15) is 6.07 Å². The summed E-state index contributed by atoms with van der Waals surface area (Å²) in [5, 5.41) is 12.0. The van der Waals surface area contributed by atoms with Gasteiger partial charge >= 0.3 is 0 Å². The lowest BCUT2D eigenvalue weighted by atomic mass is 10.0. The number of benzene rings is 2. The van der Waals surface area contributed by atoms with E-state index in [0.717, 1.165) is 28.4 Å². The Bertz CT molecular complexity index is 1360. The van der Waals surface area contributed by atoms with Crippen molar-refractivity contribution in [3.8, 4) is 16.5 Å². The Labute approximate surface area is 211 Å². The molecule has 1 aliphatic rings. The van der Waals surface area contributed by atoms with E-state index >= 15 is 0 Å². The van der Waals surface area contributed by atoms with Crippen molar-refractivity contribution in [1.29, 1.82) is 5.26 Å². The molecule has 1 saturated heterocycles. The molecule has 1 aromatic heterocycles. The zero-order valence-corrected chi connectivity index (χ0v) is 21.8. The number of hydrogen-bond acceptors (Lipinski definition) is 6. The monoisotopic (exact) mass is 509 g/mol. The van der Waals surface area contributed by atoms with Crippen molar-refractivity contribution in [3.05, 3.63) is 58.3 Å². The molecule has 3 aromatic rings. The number of nitrogens with zero attached hydrogens (tertiary/aromatic N) is 2. The molecule has 0 saturated carbocycles. The third-order valence-electron chi connectivity index (χ3n) is 6.26. The molecule has 0 atom stereocenters. The van der Waals surface area contributed by atoms with E-state index in [2.05, 4.69) is 46.0 Å². The second-order valence-electron chi connectivity index (χ2n) is 8.62. The Kier molecular flexibility index (Phi) is 8.24. The average molecular weight is 510 g/mol. The first kappa shape index (κ1) is 25.4. The van der Waals surface area contributed by atoms with E-state index in [-0.39, 0.29) is 18.1 Å². The van der Waals surface area contributed by atoms with Gasteiger partial charge in [-0.2, -0.15) is 5.26 Å². The standard InChI is InChI=1S/C27H31N3O3S2/c1-3-33-16-13-29-35(31,32)27(19-28)20(2)25-11-12-26(34-25)23-8-7-22-18-24(10-9-21(22)17-23)30-14-5-4-6-15-30/h7-12,17-18,29H,3-6,13-16H2,1-2H3/b27-20+. The topological polar surface area (TPSA) is 82.4 Å². The van der Waals surface area contributed by atoms with Crippen molar-refractivity contribution in [2.24, 2.45) is 0 Å². The van der Waals surface area contributed by atoms with E-state index in [1.807, 2.05) is 25.1 Å². The van der Waals surface area contributed by atoms with E-state index in [0.29, 0.717) is 12.2 Å². The first-order valence-electron chi connectivity index (χ1n) is 12.0. The smallest absolute Gasteiger partial charge is 0.251 e. The Morgan fingerprint density at radius 2 is 1.83 bits per heavy atom. The number of allylic oxidation sites excluding steroid dienone is 2. The number of thiophene rings is 1. The molecule has 0 radical (unpaired) electrons. The molecular weight excluding hydrogens is 478 g/mol. The number of ether oxygens (including phenoxy) is 1. The molecule has 1 fully saturated rings. The van der Waals surface area contributed by atoms with Crippen LogP contribution in [-0.2, 0) is 14.8 Å². The summed E-state index contributed by atoms with van der Waals surface area (Å²) in [6.45, 7) is 6.66. The van der Waals surface area contributed by atoms with Gasteiger partial charge in [0.05, 0.1) is 6.61 Å². The van der Waals surface area contributed by atoms with E-state index in [4.69, 9.17) is 4.74 Å². The fourth-order valence-corrected chi connectivity index (χ4v) is 6.56. The van der Waals surface area contributed by atoms with E-state index in [1.165, 1.54) is 47.1 Å². The van der Waals surface area contributed by atoms with Crippen LogP contribution in [0.15, 0.2) is 53.4 Å². The van der Waals surface area contributed by atoms with Crippen molar-refractivity contribution in [2.75, 3.05) is 37.7 Å². The van der Waals surface area contributed by atoms with Gasteiger partial charge in [0.15, 0.2) is 4.91 Å². The van der Waals surface area contributed by atoms with Gasteiger partial charge in [-0.05, 0) is 85.4 Å². The summed E-state index contributed by atoms with van der Waals surface area (Å²) < 4.78 is 32.9. The molecule has 1 N–H and O–H groups in total. The summed E-state index contributed by atoms with van der Waals surface area (Å²) in [5.74, 6) is 0. The first-order chi connectivity index (χ1) is 16.9. The van der Waals surface area contributed by atoms with Crippen LogP contribution in [0.4, 0.5) is 5.69 Å². The number of piperidine rings is 1.